The van der Waals surface area contributed by atoms with Gasteiger partial charge in [0.1, 0.15) is 0 Å². The van der Waals surface area contributed by atoms with Crippen LogP contribution >= 0.6 is 11.3 Å². The Kier molecular flexibility index (Phi) is 4.71. The number of aromatic nitrogens is 1. The lowest BCUT2D eigenvalue weighted by Gasteiger charge is -2.31. The lowest BCUT2D eigenvalue weighted by atomic mass is 9.98. The van der Waals surface area contributed by atoms with Gasteiger partial charge in [-0.3, -0.25) is 0 Å². The van der Waals surface area contributed by atoms with Crippen LogP contribution in [0.15, 0.2) is 24.3 Å². The van der Waals surface area contributed by atoms with E-state index in [9.17, 15) is 21.6 Å². The molecule has 24 heavy (non-hydrogen) atoms. The Morgan fingerprint density at radius 2 is 1.92 bits per heavy atom. The summed E-state index contributed by atoms with van der Waals surface area (Å²) < 4.78 is 61.9. The number of sulfonamides is 1. The number of anilines is 1. The number of hydrogen-bond donors (Lipinski definition) is 1. The first-order valence-corrected chi connectivity index (χ1v) is 9.69. The van der Waals surface area contributed by atoms with Gasteiger partial charge in [-0.15, -0.1) is 0 Å². The van der Waals surface area contributed by atoms with Gasteiger partial charge >= 0.3 is 15.5 Å². The van der Waals surface area contributed by atoms with Gasteiger partial charge in [-0.1, -0.05) is 23.5 Å². The van der Waals surface area contributed by atoms with Crippen molar-refractivity contribution in [3.63, 3.8) is 0 Å². The van der Waals surface area contributed by atoms with Crippen molar-refractivity contribution in [2.24, 2.45) is 5.92 Å². The quantitative estimate of drug-likeness (QED) is 0.886. The maximum atomic E-state index is 12.5. The Labute approximate surface area is 141 Å². The first-order valence-electron chi connectivity index (χ1n) is 7.43. The minimum atomic E-state index is -5.22. The average Bonchev–Trinajstić information content (AvgIpc) is 2.95. The first-order chi connectivity index (χ1) is 11.3. The van der Waals surface area contributed by atoms with Crippen molar-refractivity contribution in [1.29, 1.82) is 0 Å². The van der Waals surface area contributed by atoms with Crippen LogP contribution in [0.25, 0.3) is 10.2 Å². The Balaban J connectivity index is 1.54. The molecule has 1 saturated heterocycles. The molecule has 2 aromatic rings. The smallest absolute Gasteiger partial charge is 0.361 e. The summed E-state index contributed by atoms with van der Waals surface area (Å²) in [6.07, 6.45) is 0.792. The number of halogens is 3. The zero-order valence-corrected chi connectivity index (χ0v) is 14.2. The van der Waals surface area contributed by atoms with Crippen molar-refractivity contribution in [1.82, 2.24) is 9.29 Å². The van der Waals surface area contributed by atoms with E-state index in [0.717, 1.165) is 15.3 Å². The third-order valence-corrected chi connectivity index (χ3v) is 6.67. The molecule has 1 N–H and O–H groups in total. The minimum Gasteiger partial charge on any atom is -0.361 e. The van der Waals surface area contributed by atoms with Crippen LogP contribution in [0.5, 0.6) is 0 Å². The van der Waals surface area contributed by atoms with Crippen LogP contribution in [0.3, 0.4) is 0 Å². The summed E-state index contributed by atoms with van der Waals surface area (Å²) >= 11 is 1.52. The molecule has 1 fully saturated rings. The highest BCUT2D eigenvalue weighted by atomic mass is 32.2. The van der Waals surface area contributed by atoms with E-state index in [0.29, 0.717) is 23.7 Å². The van der Waals surface area contributed by atoms with Crippen molar-refractivity contribution in [2.75, 3.05) is 25.0 Å². The normalized spacial score (nSPS) is 18.1. The van der Waals surface area contributed by atoms with Gasteiger partial charge in [0.15, 0.2) is 5.13 Å². The maximum Gasteiger partial charge on any atom is 0.511 e. The number of benzene rings is 1. The number of fused-ring (bicyclic) bond motifs is 1. The third kappa shape index (κ3) is 3.50. The van der Waals surface area contributed by atoms with Crippen molar-refractivity contribution in [3.8, 4) is 0 Å². The first kappa shape index (κ1) is 17.4. The highest BCUT2D eigenvalue weighted by molar-refractivity contribution is 7.90. The van der Waals surface area contributed by atoms with E-state index in [1.54, 1.807) is 0 Å². The second-order valence-corrected chi connectivity index (χ2v) is 8.62. The molecule has 10 heteroatoms. The fraction of sp³-hybridized carbons (Fsp3) is 0.500. The minimum absolute atomic E-state index is 0.103. The van der Waals surface area contributed by atoms with E-state index in [1.807, 2.05) is 24.3 Å². The van der Waals surface area contributed by atoms with Crippen LogP contribution in [-0.4, -0.2) is 42.8 Å². The Bertz CT molecular complexity index is 779. The van der Waals surface area contributed by atoms with Gasteiger partial charge in [0.25, 0.3) is 0 Å². The molecule has 0 radical (unpaired) electrons. The summed E-state index contributed by atoms with van der Waals surface area (Å²) in [5.74, 6) is 0.122. The largest absolute Gasteiger partial charge is 0.511 e. The van der Waals surface area contributed by atoms with Crippen molar-refractivity contribution >= 4 is 36.7 Å². The second-order valence-electron chi connectivity index (χ2n) is 5.66. The second kappa shape index (κ2) is 6.49. The van der Waals surface area contributed by atoms with Crippen LogP contribution in [0.4, 0.5) is 18.3 Å². The number of hydrogen-bond acceptors (Lipinski definition) is 5. The van der Waals surface area contributed by atoms with Crippen LogP contribution in [-0.2, 0) is 10.0 Å². The lowest BCUT2D eigenvalue weighted by Crippen LogP contribution is -2.45. The molecule has 1 aliphatic rings. The number of nitrogens with one attached hydrogen (secondary N) is 1. The van der Waals surface area contributed by atoms with Gasteiger partial charge in [-0.2, -0.15) is 17.5 Å². The zero-order chi connectivity index (χ0) is 17.4. The van der Waals surface area contributed by atoms with Crippen LogP contribution in [0.1, 0.15) is 12.8 Å². The molecule has 1 aromatic carbocycles. The van der Waals surface area contributed by atoms with E-state index in [2.05, 4.69) is 10.3 Å². The van der Waals surface area contributed by atoms with Gasteiger partial charge in [0.2, 0.25) is 0 Å². The topological polar surface area (TPSA) is 62.3 Å². The van der Waals surface area contributed by atoms with Crippen molar-refractivity contribution in [2.45, 2.75) is 18.3 Å². The SMILES string of the molecule is O=S(=O)(N1CCC(CNc2nc3ccccc3s2)CC1)C(F)(F)F. The van der Waals surface area contributed by atoms with E-state index in [-0.39, 0.29) is 19.0 Å². The van der Waals surface area contributed by atoms with Crippen molar-refractivity contribution < 1.29 is 21.6 Å². The Morgan fingerprint density at radius 3 is 2.54 bits per heavy atom. The maximum absolute atomic E-state index is 12.5. The molecule has 0 amide bonds. The summed E-state index contributed by atoms with van der Waals surface area (Å²) in [5, 5.41) is 3.97. The molecular weight excluding hydrogens is 363 g/mol. The number of alkyl halides is 3. The molecule has 0 atom stereocenters. The third-order valence-electron chi connectivity index (χ3n) is 4.04. The summed E-state index contributed by atoms with van der Waals surface area (Å²) in [5.41, 5.74) is -4.32. The Morgan fingerprint density at radius 1 is 1.25 bits per heavy atom. The summed E-state index contributed by atoms with van der Waals surface area (Å²) in [6, 6.07) is 7.72. The van der Waals surface area contributed by atoms with E-state index < -0.39 is 15.5 Å². The molecule has 0 unspecified atom stereocenters. The number of piperidine rings is 1. The predicted molar refractivity (Wildman–Crippen MR) is 87.4 cm³/mol. The summed E-state index contributed by atoms with van der Waals surface area (Å²) in [7, 11) is -5.20. The van der Waals surface area contributed by atoms with Crippen LogP contribution < -0.4 is 5.32 Å². The summed E-state index contributed by atoms with van der Waals surface area (Å²) in [6.45, 7) is 0.363. The Hall–Kier alpha value is -1.39. The molecule has 0 aliphatic carbocycles. The molecule has 0 spiro atoms. The van der Waals surface area contributed by atoms with Gasteiger partial charge in [0, 0.05) is 19.6 Å². The van der Waals surface area contributed by atoms with E-state index in [1.165, 1.54) is 11.3 Å². The van der Waals surface area contributed by atoms with Gasteiger partial charge < -0.3 is 5.32 Å². The molecule has 1 aliphatic heterocycles. The monoisotopic (exact) mass is 379 g/mol. The van der Waals surface area contributed by atoms with Crippen LogP contribution in [0, 0.1) is 5.92 Å². The summed E-state index contributed by atoms with van der Waals surface area (Å²) in [4.78, 5) is 4.44. The molecule has 0 bridgehead atoms. The molecule has 2 heterocycles. The molecule has 1 aromatic heterocycles. The molecule has 5 nitrogen and oxygen atoms in total. The average molecular weight is 379 g/mol. The molecule has 0 saturated carbocycles. The van der Waals surface area contributed by atoms with E-state index >= 15 is 0 Å². The number of para-hydroxylation sites is 1. The highest BCUT2D eigenvalue weighted by Gasteiger charge is 2.50. The molecule has 3 rings (SSSR count). The lowest BCUT2D eigenvalue weighted by molar-refractivity contribution is -0.0496. The van der Waals surface area contributed by atoms with Gasteiger partial charge in [0.05, 0.1) is 10.2 Å². The van der Waals surface area contributed by atoms with Gasteiger partial charge in [-0.25, -0.2) is 13.4 Å². The fourth-order valence-corrected chi connectivity index (χ4v) is 4.54. The highest BCUT2D eigenvalue weighted by Crippen LogP contribution is 2.31. The molecule has 132 valence electrons. The molecular formula is C14H16F3N3O2S2. The fourth-order valence-electron chi connectivity index (χ4n) is 2.68. The number of thiazole rings is 1. The zero-order valence-electron chi connectivity index (χ0n) is 12.6. The van der Waals surface area contributed by atoms with Gasteiger partial charge in [-0.05, 0) is 30.9 Å². The van der Waals surface area contributed by atoms with E-state index in [4.69, 9.17) is 0 Å². The van der Waals surface area contributed by atoms with Crippen LogP contribution in [0.2, 0.25) is 0 Å². The predicted octanol–water partition coefficient (Wildman–Crippen LogP) is 3.27. The number of nitrogens with zero attached hydrogens (tertiary/aromatic N) is 2. The van der Waals surface area contributed by atoms with Crippen molar-refractivity contribution in [3.05, 3.63) is 24.3 Å². The number of rotatable bonds is 4. The standard InChI is InChI=1S/C14H16F3N3O2S2/c15-14(16,17)24(21,22)20-7-5-10(6-8-20)9-18-13-19-11-3-1-2-4-12(11)23-13/h1-4,10H,5-9H2,(H,18,19).